The summed E-state index contributed by atoms with van der Waals surface area (Å²) in [6, 6.07) is 0.0126. The Balaban J connectivity index is 2.27. The molecule has 0 aromatic carbocycles. The maximum atomic E-state index is 11.9. The van der Waals surface area contributed by atoms with Gasteiger partial charge in [-0.3, -0.25) is 0 Å². The third kappa shape index (κ3) is 5.06. The summed E-state index contributed by atoms with van der Waals surface area (Å²) < 4.78 is 0. The molecule has 0 radical (unpaired) electrons. The van der Waals surface area contributed by atoms with E-state index in [1.807, 2.05) is 25.6 Å². The Morgan fingerprint density at radius 1 is 1.56 bits per heavy atom. The van der Waals surface area contributed by atoms with Crippen molar-refractivity contribution < 1.29 is 9.90 Å². The van der Waals surface area contributed by atoms with Gasteiger partial charge in [-0.15, -0.1) is 0 Å². The molecule has 0 aromatic rings. The molecule has 106 valence electrons. The molecule has 1 saturated carbocycles. The van der Waals surface area contributed by atoms with Crippen LogP contribution in [0.3, 0.4) is 0 Å². The van der Waals surface area contributed by atoms with Crippen molar-refractivity contribution in [3.05, 3.63) is 0 Å². The quantitative estimate of drug-likeness (QED) is 0.593. The molecule has 0 saturated heterocycles. The van der Waals surface area contributed by atoms with Crippen LogP contribution in [0.4, 0.5) is 4.79 Å². The lowest BCUT2D eigenvalue weighted by atomic mass is 9.97. The van der Waals surface area contributed by atoms with E-state index in [0.29, 0.717) is 5.92 Å². The van der Waals surface area contributed by atoms with Crippen molar-refractivity contribution >= 4 is 17.8 Å². The molecule has 0 aromatic heterocycles. The van der Waals surface area contributed by atoms with Crippen molar-refractivity contribution in [3.8, 4) is 0 Å². The smallest absolute Gasteiger partial charge is 0.315 e. The Bertz CT molecular complexity index is 272. The minimum atomic E-state index is -0.456. The van der Waals surface area contributed by atoms with Crippen LogP contribution in [0, 0.1) is 5.92 Å². The number of urea groups is 1. The number of carbonyl (C=O) groups excluding carboxylic acids is 1. The number of thioether (sulfide) groups is 1. The second-order valence-corrected chi connectivity index (χ2v) is 6.73. The number of nitrogens with one attached hydrogen (secondary N) is 2. The van der Waals surface area contributed by atoms with Crippen LogP contribution in [0.1, 0.15) is 40.0 Å². The number of aliphatic hydroxyl groups is 1. The molecule has 0 aliphatic heterocycles. The van der Waals surface area contributed by atoms with Crippen molar-refractivity contribution in [1.29, 1.82) is 0 Å². The summed E-state index contributed by atoms with van der Waals surface area (Å²) >= 11 is 1.88. The zero-order chi connectivity index (χ0) is 13.6. The van der Waals surface area contributed by atoms with Crippen LogP contribution in [0.15, 0.2) is 0 Å². The molecule has 0 heterocycles. The molecular formula is C13H26N2O2S. The Labute approximate surface area is 114 Å². The molecule has 5 heteroatoms. The minimum absolute atomic E-state index is 0.00511. The fourth-order valence-corrected chi connectivity index (χ4v) is 2.80. The molecule has 2 unspecified atom stereocenters. The van der Waals surface area contributed by atoms with Crippen LogP contribution in [-0.4, -0.2) is 40.8 Å². The summed E-state index contributed by atoms with van der Waals surface area (Å²) in [4.78, 5) is 11.9. The first-order valence-corrected chi connectivity index (χ1v) is 7.94. The minimum Gasteiger partial charge on any atom is -0.394 e. The van der Waals surface area contributed by atoms with E-state index in [-0.39, 0.29) is 18.7 Å². The number of hydrogen-bond acceptors (Lipinski definition) is 3. The molecule has 18 heavy (non-hydrogen) atoms. The van der Waals surface area contributed by atoms with E-state index >= 15 is 0 Å². The first-order chi connectivity index (χ1) is 8.51. The lowest BCUT2D eigenvalue weighted by molar-refractivity contribution is 0.154. The monoisotopic (exact) mass is 274 g/mol. The summed E-state index contributed by atoms with van der Waals surface area (Å²) in [6.45, 7) is 6.08. The highest BCUT2D eigenvalue weighted by molar-refractivity contribution is 7.99. The van der Waals surface area contributed by atoms with E-state index < -0.39 is 5.54 Å². The van der Waals surface area contributed by atoms with Crippen molar-refractivity contribution in [3.63, 3.8) is 0 Å². The summed E-state index contributed by atoms with van der Waals surface area (Å²) in [6.07, 6.45) is 3.17. The van der Waals surface area contributed by atoms with Gasteiger partial charge in [-0.05, 0) is 50.5 Å². The maximum Gasteiger partial charge on any atom is 0.315 e. The molecular weight excluding hydrogens is 248 g/mol. The van der Waals surface area contributed by atoms with Gasteiger partial charge in [0.2, 0.25) is 0 Å². The number of amides is 2. The molecule has 1 rings (SSSR count). The van der Waals surface area contributed by atoms with Gasteiger partial charge in [0, 0.05) is 6.04 Å². The first kappa shape index (κ1) is 15.6. The highest BCUT2D eigenvalue weighted by Crippen LogP contribution is 2.39. The topological polar surface area (TPSA) is 61.4 Å². The van der Waals surface area contributed by atoms with Crippen LogP contribution < -0.4 is 10.6 Å². The van der Waals surface area contributed by atoms with E-state index in [4.69, 9.17) is 0 Å². The standard InChI is InChI=1S/C13H26N2O2S/c1-4-18-8-7-10(2)14-12(17)15-13(3,9-16)11-5-6-11/h10-11,16H,4-9H2,1-3H3,(H2,14,15,17). The summed E-state index contributed by atoms with van der Waals surface area (Å²) in [5, 5.41) is 15.3. The highest BCUT2D eigenvalue weighted by Gasteiger charge is 2.42. The van der Waals surface area contributed by atoms with Gasteiger partial charge in [0.1, 0.15) is 0 Å². The van der Waals surface area contributed by atoms with Crippen molar-refractivity contribution in [2.45, 2.75) is 51.6 Å². The predicted molar refractivity (Wildman–Crippen MR) is 77.0 cm³/mol. The van der Waals surface area contributed by atoms with Crippen LogP contribution in [-0.2, 0) is 0 Å². The molecule has 1 aliphatic rings. The first-order valence-electron chi connectivity index (χ1n) is 6.79. The molecule has 0 bridgehead atoms. The normalized spacial score (nSPS) is 20.0. The highest BCUT2D eigenvalue weighted by atomic mass is 32.2. The number of aliphatic hydroxyl groups excluding tert-OH is 1. The Kier molecular flexibility index (Phi) is 6.29. The SMILES string of the molecule is CCSCCC(C)NC(=O)NC(C)(CO)C1CC1. The fraction of sp³-hybridized carbons (Fsp3) is 0.923. The average Bonchev–Trinajstić information content (AvgIpc) is 3.13. The molecule has 2 amide bonds. The maximum absolute atomic E-state index is 11.9. The third-order valence-electron chi connectivity index (χ3n) is 3.48. The molecule has 4 nitrogen and oxygen atoms in total. The number of carbonyl (C=O) groups is 1. The van der Waals surface area contributed by atoms with Crippen molar-refractivity contribution in [2.75, 3.05) is 18.1 Å². The second kappa shape index (κ2) is 7.24. The summed E-state index contributed by atoms with van der Waals surface area (Å²) in [7, 11) is 0. The van der Waals surface area contributed by atoms with E-state index in [1.165, 1.54) is 0 Å². The molecule has 3 N–H and O–H groups in total. The lowest BCUT2D eigenvalue weighted by Gasteiger charge is -2.29. The summed E-state index contributed by atoms with van der Waals surface area (Å²) in [5.74, 6) is 2.61. The summed E-state index contributed by atoms with van der Waals surface area (Å²) in [5.41, 5.74) is -0.456. The van der Waals surface area contributed by atoms with Gasteiger partial charge >= 0.3 is 6.03 Å². The van der Waals surface area contributed by atoms with Crippen LogP contribution in [0.2, 0.25) is 0 Å². The molecule has 1 aliphatic carbocycles. The van der Waals surface area contributed by atoms with Gasteiger partial charge in [-0.25, -0.2) is 4.79 Å². The zero-order valence-corrected chi connectivity index (χ0v) is 12.5. The fourth-order valence-electron chi connectivity index (χ4n) is 1.99. The Hall–Kier alpha value is -0.420. The van der Waals surface area contributed by atoms with Gasteiger partial charge in [-0.2, -0.15) is 11.8 Å². The number of hydrogen-bond donors (Lipinski definition) is 3. The lowest BCUT2D eigenvalue weighted by Crippen LogP contribution is -2.55. The zero-order valence-electron chi connectivity index (χ0n) is 11.7. The van der Waals surface area contributed by atoms with Gasteiger partial charge in [0.05, 0.1) is 12.1 Å². The van der Waals surface area contributed by atoms with Gasteiger partial charge < -0.3 is 15.7 Å². The van der Waals surface area contributed by atoms with Gasteiger partial charge in [0.25, 0.3) is 0 Å². The van der Waals surface area contributed by atoms with E-state index in [1.54, 1.807) is 0 Å². The van der Waals surface area contributed by atoms with Crippen LogP contribution >= 0.6 is 11.8 Å². The predicted octanol–water partition coefficient (Wildman–Crippen LogP) is 1.98. The molecule has 1 fully saturated rings. The van der Waals surface area contributed by atoms with Gasteiger partial charge in [-0.1, -0.05) is 6.92 Å². The molecule has 0 spiro atoms. The van der Waals surface area contributed by atoms with Crippen molar-refractivity contribution in [2.24, 2.45) is 5.92 Å². The Morgan fingerprint density at radius 2 is 2.22 bits per heavy atom. The average molecular weight is 274 g/mol. The van der Waals surface area contributed by atoms with E-state index in [0.717, 1.165) is 30.8 Å². The second-order valence-electron chi connectivity index (χ2n) is 5.33. The van der Waals surface area contributed by atoms with Crippen LogP contribution in [0.5, 0.6) is 0 Å². The molecule has 2 atom stereocenters. The van der Waals surface area contributed by atoms with Gasteiger partial charge in [0.15, 0.2) is 0 Å². The van der Waals surface area contributed by atoms with E-state index in [9.17, 15) is 9.90 Å². The largest absolute Gasteiger partial charge is 0.394 e. The third-order valence-corrected chi connectivity index (χ3v) is 4.42. The number of rotatable bonds is 8. The van der Waals surface area contributed by atoms with Crippen LogP contribution in [0.25, 0.3) is 0 Å². The van der Waals surface area contributed by atoms with E-state index in [2.05, 4.69) is 17.6 Å². The van der Waals surface area contributed by atoms with Crippen molar-refractivity contribution in [1.82, 2.24) is 10.6 Å². The Morgan fingerprint density at radius 3 is 2.72 bits per heavy atom.